The molecule has 2 nitrogen and oxygen atoms in total. The van der Waals surface area contributed by atoms with Gasteiger partial charge in [-0.25, -0.2) is 0 Å². The number of fused-ring (bicyclic) bond motifs is 13. The third kappa shape index (κ3) is 5.07. The van der Waals surface area contributed by atoms with E-state index in [9.17, 15) is 0 Å². The number of rotatable bonds is 4. The summed E-state index contributed by atoms with van der Waals surface area (Å²) >= 11 is 0. The molecule has 12 rings (SSSR count). The lowest BCUT2D eigenvalue weighted by Crippen LogP contribution is -2.26. The Labute approximate surface area is 352 Å². The standard InChI is InChI=1S/C56H38N2.C2H4/c1-37-27-32-44-45-33-29-38(36-50(45)56(49(44)35-37)47-21-9-7-18-42(47)43-19-8-10-22-48(43)56)28-30-39-31-34-51(46-20-6-5-17-41(39)46)58-54-25-13-11-23-52(54)57(40-15-3-2-4-16-40)53-24-12-14-26-55(53)58;1-2/h2-36H,1H3;1-2H2/b30-28+;. The predicted molar refractivity (Wildman–Crippen MR) is 255 cm³/mol. The van der Waals surface area contributed by atoms with Crippen LogP contribution in [0.15, 0.2) is 213 Å². The molecule has 0 atom stereocenters. The molecule has 0 bridgehead atoms. The maximum Gasteiger partial charge on any atom is 0.0725 e. The maximum absolute atomic E-state index is 3.00. The van der Waals surface area contributed by atoms with Crippen LogP contribution in [-0.4, -0.2) is 0 Å². The van der Waals surface area contributed by atoms with Crippen molar-refractivity contribution in [3.05, 3.63) is 252 Å². The molecular weight excluding hydrogens is 725 g/mol. The van der Waals surface area contributed by atoms with Crippen LogP contribution in [0.3, 0.4) is 0 Å². The second-order valence-electron chi connectivity index (χ2n) is 15.7. The monoisotopic (exact) mass is 766 g/mol. The third-order valence-electron chi connectivity index (χ3n) is 12.6. The summed E-state index contributed by atoms with van der Waals surface area (Å²) < 4.78 is 0. The van der Waals surface area contributed by atoms with Gasteiger partial charge in [-0.15, -0.1) is 13.2 Å². The number of nitrogens with zero attached hydrogens (tertiary/aromatic N) is 2. The average molecular weight is 767 g/mol. The average Bonchev–Trinajstić information content (AvgIpc) is 3.77. The molecule has 2 aliphatic carbocycles. The van der Waals surface area contributed by atoms with Gasteiger partial charge in [0.2, 0.25) is 0 Å². The quantitative estimate of drug-likeness (QED) is 0.130. The Hall–Kier alpha value is -7.68. The Kier molecular flexibility index (Phi) is 8.28. The minimum atomic E-state index is -0.362. The van der Waals surface area contributed by atoms with Crippen molar-refractivity contribution in [2.75, 3.05) is 9.80 Å². The van der Waals surface area contributed by atoms with Crippen molar-refractivity contribution >= 4 is 57.0 Å². The molecule has 0 amide bonds. The summed E-state index contributed by atoms with van der Waals surface area (Å²) in [5, 5.41) is 2.43. The minimum Gasteiger partial charge on any atom is -0.306 e. The Morgan fingerprint density at radius 2 is 0.883 bits per heavy atom. The number of anilines is 6. The van der Waals surface area contributed by atoms with E-state index in [0.29, 0.717) is 0 Å². The lowest BCUT2D eigenvalue weighted by atomic mass is 9.70. The number of aryl methyl sites for hydroxylation is 1. The second kappa shape index (κ2) is 14.0. The van der Waals surface area contributed by atoms with Gasteiger partial charge in [0.25, 0.3) is 0 Å². The summed E-state index contributed by atoms with van der Waals surface area (Å²) in [4.78, 5) is 4.82. The van der Waals surface area contributed by atoms with Gasteiger partial charge < -0.3 is 9.80 Å². The summed E-state index contributed by atoms with van der Waals surface area (Å²) in [7, 11) is 0. The van der Waals surface area contributed by atoms with E-state index < -0.39 is 0 Å². The molecule has 0 saturated heterocycles. The van der Waals surface area contributed by atoms with E-state index in [2.05, 4.69) is 242 Å². The summed E-state index contributed by atoms with van der Waals surface area (Å²) in [5.41, 5.74) is 21.0. The van der Waals surface area contributed by atoms with Gasteiger partial charge in [-0.3, -0.25) is 0 Å². The molecule has 0 aromatic heterocycles. The van der Waals surface area contributed by atoms with Crippen molar-refractivity contribution in [1.82, 2.24) is 0 Å². The first-order chi connectivity index (χ1) is 29.7. The van der Waals surface area contributed by atoms with Gasteiger partial charge in [0.05, 0.1) is 33.9 Å². The molecule has 1 spiro atoms. The third-order valence-corrected chi connectivity index (χ3v) is 12.6. The topological polar surface area (TPSA) is 6.48 Å². The second-order valence-corrected chi connectivity index (χ2v) is 15.7. The highest BCUT2D eigenvalue weighted by Gasteiger charge is 2.51. The molecule has 9 aromatic carbocycles. The van der Waals surface area contributed by atoms with E-state index in [4.69, 9.17) is 0 Å². The van der Waals surface area contributed by atoms with Gasteiger partial charge in [-0.2, -0.15) is 0 Å². The van der Waals surface area contributed by atoms with Crippen LogP contribution in [-0.2, 0) is 5.41 Å². The summed E-state index contributed by atoms with van der Waals surface area (Å²) in [5.74, 6) is 0. The number of para-hydroxylation sites is 5. The lowest BCUT2D eigenvalue weighted by molar-refractivity contribution is 0.792. The molecule has 1 aliphatic heterocycles. The van der Waals surface area contributed by atoms with E-state index in [1.54, 1.807) is 0 Å². The smallest absolute Gasteiger partial charge is 0.0725 e. The Morgan fingerprint density at radius 3 is 1.53 bits per heavy atom. The van der Waals surface area contributed by atoms with Crippen molar-refractivity contribution in [3.8, 4) is 22.3 Å². The van der Waals surface area contributed by atoms with Crippen molar-refractivity contribution in [1.29, 1.82) is 0 Å². The van der Waals surface area contributed by atoms with Crippen molar-refractivity contribution in [2.45, 2.75) is 12.3 Å². The summed E-state index contributed by atoms with van der Waals surface area (Å²) in [6, 6.07) is 73.8. The maximum atomic E-state index is 3.00. The van der Waals surface area contributed by atoms with Crippen LogP contribution in [0.5, 0.6) is 0 Å². The van der Waals surface area contributed by atoms with Gasteiger partial charge >= 0.3 is 0 Å². The Balaban J connectivity index is 0.00000201. The molecule has 284 valence electrons. The zero-order valence-corrected chi connectivity index (χ0v) is 33.5. The largest absolute Gasteiger partial charge is 0.306 e. The number of benzene rings is 9. The van der Waals surface area contributed by atoms with Crippen LogP contribution in [0.25, 0.3) is 45.2 Å². The molecule has 0 N–H and O–H groups in total. The molecule has 0 fully saturated rings. The molecule has 9 aromatic rings. The number of hydrogen-bond donors (Lipinski definition) is 0. The summed E-state index contributed by atoms with van der Waals surface area (Å²) in [6.45, 7) is 8.22. The zero-order chi connectivity index (χ0) is 40.4. The van der Waals surface area contributed by atoms with Gasteiger partial charge in [0, 0.05) is 11.1 Å². The van der Waals surface area contributed by atoms with Crippen LogP contribution >= 0.6 is 0 Å². The van der Waals surface area contributed by atoms with Crippen molar-refractivity contribution < 1.29 is 0 Å². The molecule has 2 heteroatoms. The molecule has 3 aliphatic rings. The fraction of sp³-hybridized carbons (Fsp3) is 0.0345. The fourth-order valence-electron chi connectivity index (χ4n) is 10.3. The van der Waals surface area contributed by atoms with Crippen LogP contribution in [0.2, 0.25) is 0 Å². The molecule has 1 heterocycles. The van der Waals surface area contributed by atoms with Gasteiger partial charge in [-0.05, 0) is 116 Å². The SMILES string of the molecule is C=C.Cc1ccc2c(c1)C1(c3ccccc3-c3ccccc31)c1cc(/C=C/c3ccc(N4c5ccccc5N(c5ccccc5)c5ccccc54)c4ccccc34)ccc1-2. The van der Waals surface area contributed by atoms with E-state index in [1.165, 1.54) is 72.0 Å². The molecule has 60 heavy (non-hydrogen) atoms. The first-order valence-electron chi connectivity index (χ1n) is 20.7. The molecule has 0 unspecified atom stereocenters. The minimum absolute atomic E-state index is 0.362. The van der Waals surface area contributed by atoms with E-state index in [0.717, 1.165) is 34.1 Å². The normalized spacial score (nSPS) is 13.6. The predicted octanol–water partition coefficient (Wildman–Crippen LogP) is 15.7. The highest BCUT2D eigenvalue weighted by atomic mass is 15.3. The molecular formula is C58H42N2. The van der Waals surface area contributed by atoms with Crippen molar-refractivity contribution in [3.63, 3.8) is 0 Å². The summed E-state index contributed by atoms with van der Waals surface area (Å²) in [6.07, 6.45) is 4.61. The van der Waals surface area contributed by atoms with Crippen LogP contribution in [0.4, 0.5) is 34.1 Å². The van der Waals surface area contributed by atoms with E-state index >= 15 is 0 Å². The van der Waals surface area contributed by atoms with Gasteiger partial charge in [-0.1, -0.05) is 169 Å². The van der Waals surface area contributed by atoms with Crippen LogP contribution in [0, 0.1) is 6.92 Å². The fourth-order valence-corrected chi connectivity index (χ4v) is 10.3. The zero-order valence-electron chi connectivity index (χ0n) is 33.5. The van der Waals surface area contributed by atoms with Gasteiger partial charge in [0.1, 0.15) is 0 Å². The van der Waals surface area contributed by atoms with E-state index in [-0.39, 0.29) is 5.41 Å². The van der Waals surface area contributed by atoms with Gasteiger partial charge in [0.15, 0.2) is 0 Å². The first-order valence-corrected chi connectivity index (χ1v) is 20.7. The Bertz CT molecular complexity index is 3080. The van der Waals surface area contributed by atoms with Crippen molar-refractivity contribution in [2.24, 2.45) is 0 Å². The number of hydrogen-bond acceptors (Lipinski definition) is 2. The highest BCUT2D eigenvalue weighted by Crippen LogP contribution is 2.63. The van der Waals surface area contributed by atoms with E-state index in [1.807, 2.05) is 0 Å². The molecule has 0 saturated carbocycles. The van der Waals surface area contributed by atoms with Crippen LogP contribution in [0.1, 0.15) is 38.9 Å². The molecule has 0 radical (unpaired) electrons. The highest BCUT2D eigenvalue weighted by molar-refractivity contribution is 6.09. The Morgan fingerprint density at radius 1 is 0.383 bits per heavy atom. The first kappa shape index (κ1) is 35.5. The van der Waals surface area contributed by atoms with Crippen LogP contribution < -0.4 is 9.80 Å². The lowest BCUT2D eigenvalue weighted by Gasteiger charge is -2.40.